The minimum absolute atomic E-state index is 0.211. The fraction of sp³-hybridized carbons (Fsp3) is 0.222. The molecule has 0 radical (unpaired) electrons. The molecule has 0 spiro atoms. The molecule has 0 atom stereocenters. The van der Waals surface area contributed by atoms with Crippen molar-refractivity contribution < 1.29 is 27.5 Å². The number of para-hydroxylation sites is 1. The minimum atomic E-state index is -4.70. The van der Waals surface area contributed by atoms with E-state index in [-0.39, 0.29) is 10.6 Å². The number of nitrogens with zero attached hydrogens (tertiary/aromatic N) is 1. The number of halogens is 4. The van der Waals surface area contributed by atoms with Gasteiger partial charge in [0.15, 0.2) is 6.61 Å². The summed E-state index contributed by atoms with van der Waals surface area (Å²) < 4.78 is 43.9. The van der Waals surface area contributed by atoms with Gasteiger partial charge in [0.05, 0.1) is 21.8 Å². The molecule has 1 N–H and O–H groups in total. The molecule has 0 aliphatic heterocycles. The fourth-order valence-corrected chi connectivity index (χ4v) is 2.41. The summed E-state index contributed by atoms with van der Waals surface area (Å²) in [6, 6.07) is 9.62. The van der Waals surface area contributed by atoms with E-state index in [0.717, 1.165) is 17.8 Å². The monoisotopic (exact) mass is 400 g/mol. The highest BCUT2D eigenvalue weighted by Gasteiger charge is 2.34. The van der Waals surface area contributed by atoms with Crippen molar-refractivity contribution in [3.63, 3.8) is 0 Å². The number of carbonyl (C=O) groups excluding carboxylic acids is 2. The quantitative estimate of drug-likeness (QED) is 0.763. The maximum absolute atomic E-state index is 13.0. The lowest BCUT2D eigenvalue weighted by molar-refractivity contribution is -0.137. The van der Waals surface area contributed by atoms with Crippen molar-refractivity contribution in [2.24, 2.45) is 0 Å². The Morgan fingerprint density at radius 3 is 2.44 bits per heavy atom. The van der Waals surface area contributed by atoms with Crippen molar-refractivity contribution in [3.05, 3.63) is 58.6 Å². The first-order valence-electron chi connectivity index (χ1n) is 7.69. The summed E-state index contributed by atoms with van der Waals surface area (Å²) in [5.41, 5.74) is -0.710. The average Bonchev–Trinajstić information content (AvgIpc) is 2.60. The van der Waals surface area contributed by atoms with E-state index in [9.17, 15) is 22.8 Å². The lowest BCUT2D eigenvalue weighted by Gasteiger charge is -2.15. The summed E-state index contributed by atoms with van der Waals surface area (Å²) in [5, 5.41) is 1.77. The summed E-state index contributed by atoms with van der Waals surface area (Å²) in [5.74, 6) is -1.71. The average molecular weight is 401 g/mol. The van der Waals surface area contributed by atoms with Crippen LogP contribution in [0.3, 0.4) is 0 Å². The fourth-order valence-electron chi connectivity index (χ4n) is 2.19. The maximum Gasteiger partial charge on any atom is 0.418 e. The molecule has 0 aliphatic carbocycles. The van der Waals surface area contributed by atoms with Crippen LogP contribution in [0.15, 0.2) is 42.5 Å². The summed E-state index contributed by atoms with van der Waals surface area (Å²) in [7, 11) is 3.58. The van der Waals surface area contributed by atoms with Crippen LogP contribution in [0.4, 0.5) is 24.5 Å². The van der Waals surface area contributed by atoms with E-state index in [2.05, 4.69) is 0 Å². The predicted molar refractivity (Wildman–Crippen MR) is 96.1 cm³/mol. The number of hydrogen-bond donors (Lipinski definition) is 1. The third-order valence-electron chi connectivity index (χ3n) is 3.52. The number of hydrogen-bond acceptors (Lipinski definition) is 4. The van der Waals surface area contributed by atoms with E-state index in [1.165, 1.54) is 12.1 Å². The van der Waals surface area contributed by atoms with Crippen LogP contribution in [0.5, 0.6) is 0 Å². The predicted octanol–water partition coefficient (Wildman–Crippen LogP) is 4.22. The molecule has 2 aromatic carbocycles. The Morgan fingerprint density at radius 2 is 1.81 bits per heavy atom. The van der Waals surface area contributed by atoms with Gasteiger partial charge in [-0.25, -0.2) is 4.79 Å². The maximum atomic E-state index is 13.0. The van der Waals surface area contributed by atoms with Crippen LogP contribution < -0.4 is 10.2 Å². The molecule has 5 nitrogen and oxygen atoms in total. The van der Waals surface area contributed by atoms with Crippen molar-refractivity contribution >= 4 is 34.9 Å². The Kier molecular flexibility index (Phi) is 6.32. The first-order valence-corrected chi connectivity index (χ1v) is 8.07. The number of carbonyl (C=O) groups is 2. The Bertz CT molecular complexity index is 854. The Hall–Kier alpha value is -2.74. The molecule has 2 aromatic rings. The van der Waals surface area contributed by atoms with Gasteiger partial charge >= 0.3 is 12.1 Å². The van der Waals surface area contributed by atoms with Crippen molar-refractivity contribution in [2.45, 2.75) is 6.18 Å². The number of nitrogens with one attached hydrogen (secondary N) is 1. The topological polar surface area (TPSA) is 58.6 Å². The smallest absolute Gasteiger partial charge is 0.418 e. The van der Waals surface area contributed by atoms with Gasteiger partial charge < -0.3 is 15.0 Å². The van der Waals surface area contributed by atoms with E-state index >= 15 is 0 Å². The highest BCUT2D eigenvalue weighted by Crippen LogP contribution is 2.38. The molecule has 27 heavy (non-hydrogen) atoms. The molecular formula is C18H16ClF3N2O3. The third kappa shape index (κ3) is 5.37. The summed E-state index contributed by atoms with van der Waals surface area (Å²) in [4.78, 5) is 25.8. The number of benzene rings is 2. The zero-order chi connectivity index (χ0) is 20.2. The normalized spacial score (nSPS) is 11.0. The van der Waals surface area contributed by atoms with Crippen LogP contribution in [0.2, 0.25) is 5.02 Å². The number of anilines is 2. The molecule has 9 heteroatoms. The molecule has 0 saturated heterocycles. The molecule has 0 saturated carbocycles. The number of ether oxygens (including phenoxy) is 1. The minimum Gasteiger partial charge on any atom is -0.452 e. The van der Waals surface area contributed by atoms with Gasteiger partial charge in [0.25, 0.3) is 5.91 Å². The first kappa shape index (κ1) is 20.6. The van der Waals surface area contributed by atoms with Crippen LogP contribution >= 0.6 is 11.6 Å². The highest BCUT2D eigenvalue weighted by molar-refractivity contribution is 6.34. The standard InChI is InChI=1S/C18H16ClF3N2O3/c1-24(2)12-6-3-5-11(9-12)17(26)27-10-15(25)23-16-13(18(20,21)22)7-4-8-14(16)19/h3-9H,10H2,1-2H3,(H,23,25). The van der Waals surface area contributed by atoms with Crippen LogP contribution in [0, 0.1) is 0 Å². The molecule has 0 heterocycles. The number of rotatable bonds is 5. The molecular weight excluding hydrogens is 385 g/mol. The highest BCUT2D eigenvalue weighted by atomic mass is 35.5. The largest absolute Gasteiger partial charge is 0.452 e. The second-order valence-electron chi connectivity index (χ2n) is 5.73. The van der Waals surface area contributed by atoms with Crippen molar-refractivity contribution in [3.8, 4) is 0 Å². The number of esters is 1. The van der Waals surface area contributed by atoms with Gasteiger partial charge in [-0.15, -0.1) is 0 Å². The molecule has 0 bridgehead atoms. The van der Waals surface area contributed by atoms with Gasteiger partial charge in [-0.1, -0.05) is 23.7 Å². The summed E-state index contributed by atoms with van der Waals surface area (Å²) >= 11 is 5.76. The second-order valence-corrected chi connectivity index (χ2v) is 6.14. The van der Waals surface area contributed by atoms with E-state index in [1.807, 2.05) is 5.32 Å². The van der Waals surface area contributed by atoms with E-state index in [4.69, 9.17) is 16.3 Å². The SMILES string of the molecule is CN(C)c1cccc(C(=O)OCC(=O)Nc2c(Cl)cccc2C(F)(F)F)c1. The van der Waals surface area contributed by atoms with E-state index < -0.39 is 35.9 Å². The summed E-state index contributed by atoms with van der Waals surface area (Å²) in [6.45, 7) is -0.756. The molecule has 0 aromatic heterocycles. The van der Waals surface area contributed by atoms with Crippen LogP contribution in [-0.2, 0) is 15.7 Å². The lowest BCUT2D eigenvalue weighted by atomic mass is 10.1. The molecule has 144 valence electrons. The van der Waals surface area contributed by atoms with Gasteiger partial charge in [-0.3, -0.25) is 4.79 Å². The van der Waals surface area contributed by atoms with Gasteiger partial charge in [0.2, 0.25) is 0 Å². The molecule has 0 unspecified atom stereocenters. The molecule has 0 fully saturated rings. The van der Waals surface area contributed by atoms with E-state index in [1.54, 1.807) is 37.2 Å². The zero-order valence-electron chi connectivity index (χ0n) is 14.4. The second kappa shape index (κ2) is 8.30. The lowest BCUT2D eigenvalue weighted by Crippen LogP contribution is -2.23. The number of alkyl halides is 3. The molecule has 0 aliphatic rings. The van der Waals surface area contributed by atoms with E-state index in [0.29, 0.717) is 0 Å². The van der Waals surface area contributed by atoms with Gasteiger partial charge in [-0.05, 0) is 30.3 Å². The van der Waals surface area contributed by atoms with Gasteiger partial charge in [0.1, 0.15) is 0 Å². The Morgan fingerprint density at radius 1 is 1.15 bits per heavy atom. The van der Waals surface area contributed by atoms with Crippen LogP contribution in [-0.4, -0.2) is 32.6 Å². The third-order valence-corrected chi connectivity index (χ3v) is 3.83. The number of amides is 1. The first-order chi connectivity index (χ1) is 12.6. The Balaban J connectivity index is 2.05. The van der Waals surface area contributed by atoms with Crippen LogP contribution in [0.1, 0.15) is 15.9 Å². The van der Waals surface area contributed by atoms with Crippen molar-refractivity contribution in [2.75, 3.05) is 30.9 Å². The zero-order valence-corrected chi connectivity index (χ0v) is 15.2. The van der Waals surface area contributed by atoms with Crippen LogP contribution in [0.25, 0.3) is 0 Å². The van der Waals surface area contributed by atoms with Gasteiger partial charge in [0, 0.05) is 19.8 Å². The van der Waals surface area contributed by atoms with Crippen molar-refractivity contribution in [1.29, 1.82) is 0 Å². The Labute approximate surface area is 158 Å². The summed E-state index contributed by atoms with van der Waals surface area (Å²) in [6.07, 6.45) is -4.70. The molecule has 2 rings (SSSR count). The molecule has 1 amide bonds. The van der Waals surface area contributed by atoms with Gasteiger partial charge in [-0.2, -0.15) is 13.2 Å². The van der Waals surface area contributed by atoms with Crippen molar-refractivity contribution in [1.82, 2.24) is 0 Å².